The minimum Gasteiger partial charge on any atom is -0.320 e. The summed E-state index contributed by atoms with van der Waals surface area (Å²) in [7, 11) is 0. The van der Waals surface area contributed by atoms with Crippen LogP contribution in [0, 0.1) is 11.3 Å². The maximum atomic E-state index is 12.9. The number of thiophene rings is 1. The van der Waals surface area contributed by atoms with E-state index in [0.29, 0.717) is 32.4 Å². The highest BCUT2D eigenvalue weighted by Crippen LogP contribution is 2.36. The van der Waals surface area contributed by atoms with E-state index in [4.69, 9.17) is 16.9 Å². The third-order valence-corrected chi connectivity index (χ3v) is 6.09. The Balaban J connectivity index is 1.58. The van der Waals surface area contributed by atoms with Gasteiger partial charge in [-0.3, -0.25) is 9.59 Å². The summed E-state index contributed by atoms with van der Waals surface area (Å²) < 4.78 is 0.923. The quantitative estimate of drug-likeness (QED) is 0.420. The first-order valence-corrected chi connectivity index (χ1v) is 10.1. The molecule has 0 bridgehead atoms. The van der Waals surface area contributed by atoms with Gasteiger partial charge in [0.1, 0.15) is 4.88 Å². The van der Waals surface area contributed by atoms with Crippen LogP contribution >= 0.6 is 22.9 Å². The Morgan fingerprint density at radius 3 is 2.23 bits per heavy atom. The maximum absolute atomic E-state index is 12.9. The van der Waals surface area contributed by atoms with Gasteiger partial charge in [-0.15, -0.1) is 11.3 Å². The van der Waals surface area contributed by atoms with Crippen LogP contribution in [0.1, 0.15) is 25.6 Å². The number of nitrogens with one attached hydrogen (secondary N) is 2. The monoisotopic (exact) mass is 431 g/mol. The predicted molar refractivity (Wildman–Crippen MR) is 120 cm³/mol. The smallest absolute Gasteiger partial charge is 0.267 e. The number of rotatable bonds is 4. The first-order valence-electron chi connectivity index (χ1n) is 8.96. The second kappa shape index (κ2) is 8.37. The van der Waals surface area contributed by atoms with Gasteiger partial charge in [-0.25, -0.2) is 0 Å². The summed E-state index contributed by atoms with van der Waals surface area (Å²) in [5.74, 6) is -0.733. The molecule has 30 heavy (non-hydrogen) atoms. The predicted octanol–water partition coefficient (Wildman–Crippen LogP) is 5.93. The molecule has 5 nitrogen and oxygen atoms in total. The van der Waals surface area contributed by atoms with Crippen LogP contribution in [0.25, 0.3) is 10.1 Å². The Bertz CT molecular complexity index is 1320. The van der Waals surface area contributed by atoms with Crippen molar-refractivity contribution in [1.29, 1.82) is 5.26 Å². The van der Waals surface area contributed by atoms with E-state index in [9.17, 15) is 9.59 Å². The third kappa shape index (κ3) is 3.90. The number of anilines is 2. The number of hydrogen-bond acceptors (Lipinski definition) is 4. The fourth-order valence-corrected chi connectivity index (χ4v) is 4.38. The van der Waals surface area contributed by atoms with Crippen LogP contribution < -0.4 is 10.6 Å². The van der Waals surface area contributed by atoms with Crippen molar-refractivity contribution in [3.8, 4) is 6.07 Å². The molecule has 1 aromatic heterocycles. The summed E-state index contributed by atoms with van der Waals surface area (Å²) in [5, 5.41) is 15.9. The van der Waals surface area contributed by atoms with Crippen LogP contribution in [0.15, 0.2) is 72.8 Å². The lowest BCUT2D eigenvalue weighted by atomic mass is 10.1. The lowest BCUT2D eigenvalue weighted by Crippen LogP contribution is -2.16. The van der Waals surface area contributed by atoms with Gasteiger partial charge in [0, 0.05) is 15.6 Å². The molecule has 2 amide bonds. The molecule has 0 fully saturated rings. The van der Waals surface area contributed by atoms with Gasteiger partial charge in [0.15, 0.2) is 0 Å². The highest BCUT2D eigenvalue weighted by atomic mass is 35.5. The van der Waals surface area contributed by atoms with E-state index in [1.807, 2.05) is 30.3 Å². The van der Waals surface area contributed by atoms with Crippen molar-refractivity contribution >= 4 is 56.2 Å². The average molecular weight is 432 g/mol. The molecule has 0 spiro atoms. The van der Waals surface area contributed by atoms with Gasteiger partial charge in [-0.05, 0) is 36.4 Å². The van der Waals surface area contributed by atoms with Crippen LogP contribution in [-0.2, 0) is 0 Å². The summed E-state index contributed by atoms with van der Waals surface area (Å²) >= 11 is 7.71. The Kier molecular flexibility index (Phi) is 5.48. The number of benzene rings is 3. The molecule has 2 N–H and O–H groups in total. The molecule has 1 heterocycles. The highest BCUT2D eigenvalue weighted by molar-refractivity contribution is 7.21. The Morgan fingerprint density at radius 1 is 0.867 bits per heavy atom. The van der Waals surface area contributed by atoms with Crippen molar-refractivity contribution in [3.63, 3.8) is 0 Å². The SMILES string of the molecule is N#Cc1cccc(C(=O)Nc2ccccc2NC(=O)c2sc3ccccc3c2Cl)c1. The first kappa shape index (κ1) is 19.6. The molecule has 4 aromatic rings. The van der Waals surface area contributed by atoms with Crippen molar-refractivity contribution in [2.24, 2.45) is 0 Å². The first-order chi connectivity index (χ1) is 14.6. The number of amides is 2. The molecule has 0 radical (unpaired) electrons. The number of carbonyl (C=O) groups is 2. The van der Waals surface area contributed by atoms with E-state index in [2.05, 4.69) is 10.6 Å². The lowest BCUT2D eigenvalue weighted by Gasteiger charge is -2.12. The molecule has 0 aliphatic rings. The summed E-state index contributed by atoms with van der Waals surface area (Å²) in [6, 6.07) is 22.8. The van der Waals surface area contributed by atoms with E-state index in [-0.39, 0.29) is 11.8 Å². The molecule has 0 saturated heterocycles. The number of nitriles is 1. The zero-order valence-electron chi connectivity index (χ0n) is 15.5. The van der Waals surface area contributed by atoms with Gasteiger partial charge in [0.2, 0.25) is 0 Å². The van der Waals surface area contributed by atoms with E-state index in [1.165, 1.54) is 17.4 Å². The van der Waals surface area contributed by atoms with Crippen LogP contribution in [-0.4, -0.2) is 11.8 Å². The second-order valence-electron chi connectivity index (χ2n) is 6.39. The van der Waals surface area contributed by atoms with Crippen molar-refractivity contribution in [3.05, 3.63) is 93.8 Å². The standard InChI is InChI=1S/C23H14ClN3O2S/c24-20-16-8-1-4-11-19(16)30-21(20)23(29)27-18-10-3-2-9-17(18)26-22(28)15-7-5-6-14(12-15)13-25/h1-12H,(H,26,28)(H,27,29). The third-order valence-electron chi connectivity index (χ3n) is 4.42. The zero-order valence-corrected chi connectivity index (χ0v) is 17.1. The van der Waals surface area contributed by atoms with Crippen molar-refractivity contribution < 1.29 is 9.59 Å². The second-order valence-corrected chi connectivity index (χ2v) is 7.82. The average Bonchev–Trinajstić information content (AvgIpc) is 3.12. The van der Waals surface area contributed by atoms with E-state index >= 15 is 0 Å². The minimum absolute atomic E-state index is 0.350. The fourth-order valence-electron chi connectivity index (χ4n) is 2.96. The fraction of sp³-hybridized carbons (Fsp3) is 0. The number of carbonyl (C=O) groups excluding carboxylic acids is 2. The van der Waals surface area contributed by atoms with Crippen LogP contribution in [0.2, 0.25) is 5.02 Å². The zero-order chi connectivity index (χ0) is 21.1. The van der Waals surface area contributed by atoms with Crippen molar-refractivity contribution in [2.75, 3.05) is 10.6 Å². The van der Waals surface area contributed by atoms with Crippen LogP contribution in [0.3, 0.4) is 0 Å². The van der Waals surface area contributed by atoms with Gasteiger partial charge in [0.05, 0.1) is 28.0 Å². The minimum atomic E-state index is -0.381. The molecule has 0 aliphatic heterocycles. The molecule has 0 aliphatic carbocycles. The molecule has 0 atom stereocenters. The topological polar surface area (TPSA) is 82.0 Å². The van der Waals surface area contributed by atoms with Crippen molar-refractivity contribution in [1.82, 2.24) is 0 Å². The van der Waals surface area contributed by atoms with Crippen molar-refractivity contribution in [2.45, 2.75) is 0 Å². The molecular formula is C23H14ClN3O2S. The van der Waals surface area contributed by atoms with Crippen LogP contribution in [0.4, 0.5) is 11.4 Å². The number of para-hydroxylation sites is 2. The van der Waals surface area contributed by atoms with E-state index in [1.54, 1.807) is 42.5 Å². The summed E-state index contributed by atoms with van der Waals surface area (Å²) in [4.78, 5) is 25.9. The van der Waals surface area contributed by atoms with Crippen LogP contribution in [0.5, 0.6) is 0 Å². The van der Waals surface area contributed by atoms with Gasteiger partial charge in [-0.1, -0.05) is 48.0 Å². The Labute approximate surface area is 181 Å². The normalized spacial score (nSPS) is 10.4. The van der Waals surface area contributed by atoms with Gasteiger partial charge in [-0.2, -0.15) is 5.26 Å². The molecule has 146 valence electrons. The summed E-state index contributed by atoms with van der Waals surface area (Å²) in [5.41, 5.74) is 1.63. The summed E-state index contributed by atoms with van der Waals surface area (Å²) in [6.45, 7) is 0. The Morgan fingerprint density at radius 2 is 1.53 bits per heavy atom. The molecular weight excluding hydrogens is 418 g/mol. The molecule has 0 saturated carbocycles. The van der Waals surface area contributed by atoms with E-state index < -0.39 is 0 Å². The number of nitrogens with zero attached hydrogens (tertiary/aromatic N) is 1. The number of halogens is 1. The van der Waals surface area contributed by atoms with Gasteiger partial charge >= 0.3 is 0 Å². The van der Waals surface area contributed by atoms with E-state index in [0.717, 1.165) is 10.1 Å². The molecule has 4 rings (SSSR count). The summed E-state index contributed by atoms with van der Waals surface area (Å²) in [6.07, 6.45) is 0. The molecule has 3 aromatic carbocycles. The maximum Gasteiger partial charge on any atom is 0.267 e. The van der Waals surface area contributed by atoms with Gasteiger partial charge < -0.3 is 10.6 Å². The molecule has 0 unspecified atom stereocenters. The molecule has 7 heteroatoms. The van der Waals surface area contributed by atoms with Gasteiger partial charge in [0.25, 0.3) is 11.8 Å². The Hall–Kier alpha value is -3.66. The number of fused-ring (bicyclic) bond motifs is 1. The largest absolute Gasteiger partial charge is 0.320 e. The number of hydrogen-bond donors (Lipinski definition) is 2. The lowest BCUT2D eigenvalue weighted by molar-refractivity contribution is 0.101. The highest BCUT2D eigenvalue weighted by Gasteiger charge is 2.18.